The molecule has 2 heterocycles. The van der Waals surface area contributed by atoms with Gasteiger partial charge in [-0.1, -0.05) is 0 Å². The first-order valence-electron chi connectivity index (χ1n) is 6.34. The van der Waals surface area contributed by atoms with Crippen molar-refractivity contribution in [3.8, 4) is 0 Å². The van der Waals surface area contributed by atoms with E-state index in [0.29, 0.717) is 0 Å². The third-order valence-corrected chi connectivity index (χ3v) is 3.55. The molecule has 124 valence electrons. The largest absolute Gasteiger partial charge is 0.469 e. The average molecular weight is 339 g/mol. The number of phosphoric ester groups is 1. The molecule has 0 spiro atoms. The minimum Gasteiger partial charge on any atom is -0.387 e. The fourth-order valence-corrected chi connectivity index (χ4v) is 2.36. The van der Waals surface area contributed by atoms with Crippen molar-refractivity contribution in [2.75, 3.05) is 12.3 Å². The molecule has 0 bridgehead atoms. The molecule has 0 saturated carbocycles. The highest BCUT2D eigenvalue weighted by molar-refractivity contribution is 7.46. The molecule has 2 unspecified atom stereocenters. The van der Waals surface area contributed by atoms with E-state index >= 15 is 0 Å². The number of carbonyl (C=O) groups is 1. The number of aliphatic hydroxyl groups is 2. The molecule has 8 N–H and O–H groups in total. The summed E-state index contributed by atoms with van der Waals surface area (Å²) in [5.74, 6) is -1.07. The van der Waals surface area contributed by atoms with Crippen molar-refractivity contribution in [3.05, 3.63) is 12.0 Å². The third kappa shape index (κ3) is 3.28. The van der Waals surface area contributed by atoms with Crippen LogP contribution in [-0.2, 0) is 13.8 Å². The van der Waals surface area contributed by atoms with Gasteiger partial charge in [-0.25, -0.2) is 9.55 Å². The highest BCUT2D eigenvalue weighted by Gasteiger charge is 2.45. The molecule has 13 heteroatoms. The Kier molecular flexibility index (Phi) is 4.14. The maximum atomic E-state index is 11.1. The molecule has 5 atom stereocenters. The maximum absolute atomic E-state index is 11.1. The molecule has 1 aliphatic heterocycles. The number of hydrogen-bond donors (Lipinski definition) is 6. The number of amides is 1. The summed E-state index contributed by atoms with van der Waals surface area (Å²) in [5.41, 5.74) is 10.5. The lowest BCUT2D eigenvalue weighted by molar-refractivity contribution is -0.0510. The maximum Gasteiger partial charge on any atom is 0.469 e. The molecule has 0 radical (unpaired) electrons. The standard InChI is InChI=1S/C9H15N4O8P/c10-7-4(8(11)16)12-2-13(7)9-6(15)5(14)3(21-9)1-20-22(17,18)19/h2-3,5-6,9,14-15H,1,10H2,(H2,11,16)(H2,17,18,19)/t3-,5-,6-,9?/m1/s1/i/hD. The van der Waals surface area contributed by atoms with Crippen molar-refractivity contribution in [3.63, 3.8) is 0 Å². The molecule has 1 fully saturated rings. The van der Waals surface area contributed by atoms with Gasteiger partial charge < -0.3 is 36.2 Å². The van der Waals surface area contributed by atoms with Crippen LogP contribution >= 0.6 is 7.82 Å². The smallest absolute Gasteiger partial charge is 0.387 e. The molecule has 1 amide bonds. The van der Waals surface area contributed by atoms with Crippen LogP contribution in [0.25, 0.3) is 0 Å². The molecule has 1 aliphatic rings. The van der Waals surface area contributed by atoms with E-state index in [1.807, 2.05) is 0 Å². The first-order chi connectivity index (χ1) is 10.7. The first-order valence-corrected chi connectivity index (χ1v) is 7.43. The summed E-state index contributed by atoms with van der Waals surface area (Å²) >= 11 is 0. The number of nitrogens with zero attached hydrogens (tertiary/aromatic N) is 2. The Bertz CT molecular complexity index is 641. The summed E-state index contributed by atoms with van der Waals surface area (Å²) in [6, 6.07) is 0. The zero-order valence-corrected chi connectivity index (χ0v) is 11.9. The van der Waals surface area contributed by atoms with E-state index in [1.54, 1.807) is 0 Å². The number of ether oxygens (including phenoxy) is 1. The highest BCUT2D eigenvalue weighted by atomic mass is 31.2. The van der Waals surface area contributed by atoms with Crippen molar-refractivity contribution >= 4 is 19.5 Å². The first kappa shape index (κ1) is 15.4. The molecular formula is C9H15N4O8P. The molecule has 1 aromatic heterocycles. The number of phosphoric acid groups is 1. The lowest BCUT2D eigenvalue weighted by Crippen LogP contribution is -2.33. The monoisotopic (exact) mass is 339 g/mol. The number of imidazole rings is 1. The van der Waals surface area contributed by atoms with Gasteiger partial charge in [-0.3, -0.25) is 13.9 Å². The normalized spacial score (nSPS) is 31.7. The van der Waals surface area contributed by atoms with E-state index in [-0.39, 0.29) is 11.5 Å². The SMILES string of the molecule is [2H]OP(=O)(O)OC[C@H]1OC(n2cnc(C(N)=O)c2N)[C@H](O)[C@@H]1O. The number of aliphatic hydroxyl groups excluding tert-OH is 2. The van der Waals surface area contributed by atoms with Crippen LogP contribution in [0.15, 0.2) is 6.33 Å². The number of anilines is 1. The molecule has 1 aromatic rings. The third-order valence-electron chi connectivity index (χ3n) is 3.08. The van der Waals surface area contributed by atoms with Crippen LogP contribution in [0.2, 0.25) is 0 Å². The Hall–Kier alpha value is -1.53. The predicted molar refractivity (Wildman–Crippen MR) is 69.1 cm³/mol. The van der Waals surface area contributed by atoms with Crippen LogP contribution in [0.4, 0.5) is 5.82 Å². The summed E-state index contributed by atoms with van der Waals surface area (Å²) in [6.07, 6.45) is -4.35. The molecule has 12 nitrogen and oxygen atoms in total. The Balaban J connectivity index is 2.14. The molecule has 0 aromatic carbocycles. The number of nitrogen functional groups attached to an aromatic ring is 1. The topological polar surface area (TPSA) is 203 Å². The molecular weight excluding hydrogens is 323 g/mol. The van der Waals surface area contributed by atoms with Gasteiger partial charge in [0.15, 0.2) is 11.9 Å². The van der Waals surface area contributed by atoms with E-state index in [4.69, 9.17) is 22.5 Å². The van der Waals surface area contributed by atoms with E-state index in [2.05, 4.69) is 14.4 Å². The van der Waals surface area contributed by atoms with Crippen LogP contribution < -0.4 is 11.5 Å². The fraction of sp³-hybridized carbons (Fsp3) is 0.556. The van der Waals surface area contributed by atoms with Gasteiger partial charge in [-0.2, -0.15) is 0 Å². The van der Waals surface area contributed by atoms with Gasteiger partial charge in [0.25, 0.3) is 5.91 Å². The minimum atomic E-state index is -4.59. The van der Waals surface area contributed by atoms with Crippen LogP contribution in [0.3, 0.4) is 0 Å². The summed E-state index contributed by atoms with van der Waals surface area (Å²) in [4.78, 5) is 27.2. The van der Waals surface area contributed by atoms with Gasteiger partial charge >= 0.3 is 7.82 Å². The second-order valence-electron chi connectivity index (χ2n) is 4.56. The Labute approximate surface area is 125 Å². The van der Waals surface area contributed by atoms with Gasteiger partial charge in [0.05, 0.1) is 12.9 Å². The van der Waals surface area contributed by atoms with Crippen molar-refractivity contribution in [1.82, 2.24) is 9.55 Å². The summed E-state index contributed by atoms with van der Waals surface area (Å²) in [5, 5.41) is 19.9. The Morgan fingerprint density at radius 3 is 2.82 bits per heavy atom. The van der Waals surface area contributed by atoms with Gasteiger partial charge in [0, 0.05) is 0 Å². The van der Waals surface area contributed by atoms with Crippen LogP contribution in [0.1, 0.15) is 16.7 Å². The summed E-state index contributed by atoms with van der Waals surface area (Å²) < 4.78 is 28.2. The van der Waals surface area contributed by atoms with Gasteiger partial charge in [0.1, 0.15) is 24.1 Å². The van der Waals surface area contributed by atoms with E-state index < -0.39 is 44.9 Å². The molecule has 2 rings (SSSR count). The van der Waals surface area contributed by atoms with Crippen LogP contribution in [0.5, 0.6) is 0 Å². The lowest BCUT2D eigenvalue weighted by Gasteiger charge is -2.17. The Morgan fingerprint density at radius 1 is 1.59 bits per heavy atom. The fourth-order valence-electron chi connectivity index (χ4n) is 2.03. The molecule has 0 aliphatic carbocycles. The summed E-state index contributed by atoms with van der Waals surface area (Å²) in [7, 11) is -4.59. The average Bonchev–Trinajstić information content (AvgIpc) is 2.99. The number of nitrogens with two attached hydrogens (primary N) is 2. The molecule has 1 saturated heterocycles. The van der Waals surface area contributed by atoms with E-state index in [9.17, 15) is 19.6 Å². The van der Waals surface area contributed by atoms with Crippen molar-refractivity contribution < 1.29 is 38.6 Å². The Morgan fingerprint density at radius 2 is 2.27 bits per heavy atom. The number of hydrogen-bond acceptors (Lipinski definition) is 9. The zero-order valence-electron chi connectivity index (χ0n) is 12.0. The number of aromatic nitrogens is 2. The van der Waals surface area contributed by atoms with E-state index in [1.165, 1.54) is 0 Å². The molecule has 22 heavy (non-hydrogen) atoms. The second kappa shape index (κ2) is 5.93. The predicted octanol–water partition coefficient (Wildman–Crippen LogP) is -2.71. The van der Waals surface area contributed by atoms with Crippen LogP contribution in [-0.4, -0.2) is 61.8 Å². The quantitative estimate of drug-likeness (QED) is 0.296. The second-order valence-corrected chi connectivity index (χ2v) is 5.76. The number of primary amides is 1. The van der Waals surface area contributed by atoms with Gasteiger partial charge in [-0.15, -0.1) is 0 Å². The minimum absolute atomic E-state index is 0.183. The number of rotatable bonds is 6. The van der Waals surface area contributed by atoms with Crippen molar-refractivity contribution in [2.45, 2.75) is 24.5 Å². The zero-order chi connectivity index (χ0) is 17.4. The van der Waals surface area contributed by atoms with Crippen LogP contribution in [0, 0.1) is 0 Å². The van der Waals surface area contributed by atoms with Gasteiger partial charge in [0.2, 0.25) is 1.43 Å². The highest BCUT2D eigenvalue weighted by Crippen LogP contribution is 2.38. The van der Waals surface area contributed by atoms with E-state index in [0.717, 1.165) is 10.9 Å². The van der Waals surface area contributed by atoms with Gasteiger partial charge in [-0.05, 0) is 0 Å². The number of carbonyl (C=O) groups excluding carboxylic acids is 1. The van der Waals surface area contributed by atoms with Crippen molar-refractivity contribution in [2.24, 2.45) is 5.73 Å². The van der Waals surface area contributed by atoms with Crippen molar-refractivity contribution in [1.29, 1.82) is 1.43 Å². The summed E-state index contributed by atoms with van der Waals surface area (Å²) in [6.45, 7) is -0.640. The lowest BCUT2D eigenvalue weighted by atomic mass is 10.1.